The molecule has 1 aromatic carbocycles. The number of rotatable bonds is 8. The largest absolute Gasteiger partial charge is 0.491 e. The van der Waals surface area contributed by atoms with Crippen molar-refractivity contribution in [3.05, 3.63) is 54.8 Å². The third kappa shape index (κ3) is 4.68. The van der Waals surface area contributed by atoms with E-state index >= 15 is 0 Å². The van der Waals surface area contributed by atoms with Gasteiger partial charge in [0, 0.05) is 36.8 Å². The highest BCUT2D eigenvalue weighted by Gasteiger charge is 2.47. The molecule has 1 aliphatic carbocycles. The molecule has 0 bridgehead atoms. The van der Waals surface area contributed by atoms with E-state index in [2.05, 4.69) is 26.9 Å². The molecule has 1 saturated carbocycles. The number of aliphatic hydroxyl groups is 2. The normalized spacial score (nSPS) is 28.0. The van der Waals surface area contributed by atoms with Gasteiger partial charge in [0.1, 0.15) is 48.7 Å². The van der Waals surface area contributed by atoms with Gasteiger partial charge in [0.2, 0.25) is 0 Å². The number of aromatic nitrogens is 1. The van der Waals surface area contributed by atoms with E-state index in [1.165, 1.54) is 19.2 Å². The third-order valence-corrected chi connectivity index (χ3v) is 6.22. The summed E-state index contributed by atoms with van der Waals surface area (Å²) < 4.78 is 11.9. The van der Waals surface area contributed by atoms with Crippen LogP contribution in [0.5, 0.6) is 5.75 Å². The van der Waals surface area contributed by atoms with Crippen molar-refractivity contribution in [2.24, 2.45) is 15.9 Å². The van der Waals surface area contributed by atoms with Crippen molar-refractivity contribution in [1.82, 2.24) is 9.88 Å². The van der Waals surface area contributed by atoms with Crippen LogP contribution in [0.15, 0.2) is 64.7 Å². The van der Waals surface area contributed by atoms with Crippen molar-refractivity contribution < 1.29 is 19.7 Å². The first kappa shape index (κ1) is 22.5. The lowest BCUT2D eigenvalue weighted by molar-refractivity contribution is -0.0543. The molecule has 0 amide bonds. The molecule has 0 unspecified atom stereocenters. The summed E-state index contributed by atoms with van der Waals surface area (Å²) in [6.07, 6.45) is 3.65. The zero-order valence-electron chi connectivity index (χ0n) is 19.0. The first-order valence-corrected chi connectivity index (χ1v) is 11.5. The van der Waals surface area contributed by atoms with E-state index in [0.717, 1.165) is 29.2 Å². The molecule has 3 heterocycles. The van der Waals surface area contributed by atoms with Gasteiger partial charge in [0.25, 0.3) is 0 Å². The molecule has 2 fully saturated rings. The van der Waals surface area contributed by atoms with Gasteiger partial charge in [-0.15, -0.1) is 0 Å². The summed E-state index contributed by atoms with van der Waals surface area (Å²) in [7, 11) is 1.62. The van der Waals surface area contributed by atoms with Crippen LogP contribution in [0.3, 0.4) is 0 Å². The van der Waals surface area contributed by atoms with E-state index < -0.39 is 24.5 Å². The molecule has 5 rings (SSSR count). The summed E-state index contributed by atoms with van der Waals surface area (Å²) in [6, 6.07) is 9.70. The van der Waals surface area contributed by atoms with Crippen LogP contribution in [0.2, 0.25) is 0 Å². The third-order valence-electron chi connectivity index (χ3n) is 6.22. The minimum atomic E-state index is -1.15. The number of aliphatic hydroxyl groups excluding tert-OH is 2. The van der Waals surface area contributed by atoms with E-state index in [1.807, 2.05) is 30.3 Å². The molecule has 0 spiro atoms. The van der Waals surface area contributed by atoms with E-state index in [1.54, 1.807) is 24.2 Å². The van der Waals surface area contributed by atoms with Gasteiger partial charge >= 0.3 is 0 Å². The Hall–Kier alpha value is -3.27. The molecule has 0 radical (unpaired) electrons. The molecule has 9 heteroatoms. The number of nitrogens with one attached hydrogen (secondary N) is 1. The molecular weight excluding hydrogens is 434 g/mol. The Kier molecular flexibility index (Phi) is 6.32. The molecule has 2 aromatic rings. The zero-order chi connectivity index (χ0) is 23.7. The lowest BCUT2D eigenvalue weighted by Crippen LogP contribution is -2.43. The first-order chi connectivity index (χ1) is 16.5. The second-order valence-electron chi connectivity index (χ2n) is 8.81. The highest BCUT2D eigenvalue weighted by atomic mass is 16.6. The summed E-state index contributed by atoms with van der Waals surface area (Å²) in [6.45, 7) is 4.97. The molecule has 3 N–H and O–H groups in total. The number of hydrogen-bond donors (Lipinski definition) is 3. The van der Waals surface area contributed by atoms with Crippen molar-refractivity contribution in [2.45, 2.75) is 37.4 Å². The second kappa shape index (κ2) is 9.54. The minimum absolute atomic E-state index is 0.0707. The van der Waals surface area contributed by atoms with E-state index in [-0.39, 0.29) is 6.61 Å². The summed E-state index contributed by atoms with van der Waals surface area (Å²) in [4.78, 5) is 14.5. The van der Waals surface area contributed by atoms with Crippen molar-refractivity contribution in [2.75, 3.05) is 25.5 Å². The quantitative estimate of drug-likeness (QED) is 0.407. The van der Waals surface area contributed by atoms with Crippen LogP contribution < -0.4 is 10.1 Å². The van der Waals surface area contributed by atoms with E-state index in [0.29, 0.717) is 17.2 Å². The van der Waals surface area contributed by atoms with Crippen molar-refractivity contribution in [3.8, 4) is 5.75 Å². The topological polar surface area (TPSA) is 112 Å². The molecule has 4 atom stereocenters. The summed E-state index contributed by atoms with van der Waals surface area (Å²) in [5.74, 6) is 2.74. The maximum absolute atomic E-state index is 10.6. The predicted molar refractivity (Wildman–Crippen MR) is 131 cm³/mol. The molecule has 1 saturated heterocycles. The Balaban J connectivity index is 1.24. The van der Waals surface area contributed by atoms with Crippen LogP contribution >= 0.6 is 0 Å². The second-order valence-corrected chi connectivity index (χ2v) is 8.81. The Morgan fingerprint density at radius 1 is 1.26 bits per heavy atom. The van der Waals surface area contributed by atoms with Gasteiger partial charge in [-0.05, 0) is 49.1 Å². The van der Waals surface area contributed by atoms with Crippen molar-refractivity contribution in [3.63, 3.8) is 0 Å². The molecule has 9 nitrogen and oxygen atoms in total. The number of pyridine rings is 1. The van der Waals surface area contributed by atoms with E-state index in [4.69, 9.17) is 9.47 Å². The van der Waals surface area contributed by atoms with Crippen LogP contribution in [0.1, 0.15) is 12.8 Å². The Morgan fingerprint density at radius 2 is 2.09 bits per heavy atom. The number of benzene rings is 1. The van der Waals surface area contributed by atoms with Crippen LogP contribution in [0, 0.1) is 5.92 Å². The Labute approximate surface area is 198 Å². The lowest BCUT2D eigenvalue weighted by atomic mass is 10.1. The van der Waals surface area contributed by atoms with Gasteiger partial charge in [-0.3, -0.25) is 4.99 Å². The Bertz CT molecular complexity index is 1160. The molecule has 3 aliphatic rings. The molecular formula is C25H29N5O4. The van der Waals surface area contributed by atoms with Crippen LogP contribution in [-0.2, 0) is 4.74 Å². The number of fused-ring (bicyclic) bond motifs is 1. The van der Waals surface area contributed by atoms with Crippen molar-refractivity contribution >= 4 is 28.9 Å². The Morgan fingerprint density at radius 3 is 2.88 bits per heavy atom. The highest BCUT2D eigenvalue weighted by Crippen LogP contribution is 2.30. The predicted octanol–water partition coefficient (Wildman–Crippen LogP) is 2.32. The average molecular weight is 464 g/mol. The monoisotopic (exact) mass is 463 g/mol. The van der Waals surface area contributed by atoms with Gasteiger partial charge < -0.3 is 29.9 Å². The van der Waals surface area contributed by atoms with Gasteiger partial charge in [-0.1, -0.05) is 6.58 Å². The van der Waals surface area contributed by atoms with Gasteiger partial charge in [0.05, 0.1) is 5.52 Å². The maximum Gasteiger partial charge on any atom is 0.164 e. The number of anilines is 1. The SMILES string of the molecule is C=C1C=CN([C@@H]2O[C@H](COc3ccc4ccc(NCC5CC5)nc4c3)[C@@H](O)[C@H]2O)C1=NC=NC. The molecule has 1 aromatic heterocycles. The highest BCUT2D eigenvalue weighted by molar-refractivity contribution is 6.06. The fraction of sp³-hybridized carbons (Fsp3) is 0.400. The number of nitrogens with zero attached hydrogens (tertiary/aromatic N) is 4. The lowest BCUT2D eigenvalue weighted by Gasteiger charge is -2.26. The number of aliphatic imine (C=N–C) groups is 2. The summed E-state index contributed by atoms with van der Waals surface area (Å²) >= 11 is 0. The van der Waals surface area contributed by atoms with Crippen LogP contribution in [0.4, 0.5) is 5.82 Å². The van der Waals surface area contributed by atoms with Crippen LogP contribution in [-0.4, -0.2) is 77.0 Å². The minimum Gasteiger partial charge on any atom is -0.491 e. The number of amidine groups is 1. The molecule has 34 heavy (non-hydrogen) atoms. The summed E-state index contributed by atoms with van der Waals surface area (Å²) in [5, 5.41) is 25.6. The van der Waals surface area contributed by atoms with Gasteiger partial charge in [-0.25, -0.2) is 9.98 Å². The average Bonchev–Trinajstić information content (AvgIpc) is 3.55. The fourth-order valence-electron chi connectivity index (χ4n) is 4.08. The van der Waals surface area contributed by atoms with Gasteiger partial charge in [-0.2, -0.15) is 0 Å². The van der Waals surface area contributed by atoms with Crippen molar-refractivity contribution in [1.29, 1.82) is 0 Å². The summed E-state index contributed by atoms with van der Waals surface area (Å²) in [5.41, 5.74) is 1.49. The standard InChI is InChI=1S/C25H29N5O4/c1-15-9-10-30(24(15)28-14-26-2)25-23(32)22(31)20(34-25)13-33-18-7-5-17-6-8-21(29-19(17)11-18)27-12-16-3-4-16/h5-11,14,16,20,22-23,25,31-32H,1,3-4,12-13H2,2H3,(H,27,29)/t20-,22-,23-,25-/m1/s1. The fourth-order valence-corrected chi connectivity index (χ4v) is 4.08. The zero-order valence-corrected chi connectivity index (χ0v) is 19.0. The van der Waals surface area contributed by atoms with Gasteiger partial charge in [0.15, 0.2) is 6.23 Å². The van der Waals surface area contributed by atoms with Crippen LogP contribution in [0.25, 0.3) is 10.9 Å². The maximum atomic E-state index is 10.6. The van der Waals surface area contributed by atoms with E-state index in [9.17, 15) is 10.2 Å². The molecule has 2 aliphatic heterocycles. The first-order valence-electron chi connectivity index (χ1n) is 11.5. The number of hydrogen-bond acceptors (Lipinski definition) is 7. The number of ether oxygens (including phenoxy) is 2. The molecule has 178 valence electrons. The smallest absolute Gasteiger partial charge is 0.164 e.